The van der Waals surface area contributed by atoms with Crippen LogP contribution in [-0.4, -0.2) is 29.5 Å². The summed E-state index contributed by atoms with van der Waals surface area (Å²) in [5.74, 6) is 0.367. The second-order valence-electron chi connectivity index (χ2n) is 6.24. The molecular weight excluding hydrogens is 300 g/mol. The topological polar surface area (TPSA) is 58.1 Å². The summed E-state index contributed by atoms with van der Waals surface area (Å²) in [6.45, 7) is 9.07. The van der Waals surface area contributed by atoms with Crippen molar-refractivity contribution in [1.82, 2.24) is 9.97 Å². The number of nitrogens with zero attached hydrogens (tertiary/aromatic N) is 3. The SMILES string of the molecule is CCCCN(C)c1nccc(C(=O)Nc2c(C)cc(C)cc2C)n1. The zero-order chi connectivity index (χ0) is 17.7. The van der Waals surface area contributed by atoms with Crippen molar-refractivity contribution in [3.05, 3.63) is 46.8 Å². The molecule has 1 N–H and O–H groups in total. The Kier molecular flexibility index (Phi) is 5.90. The highest BCUT2D eigenvalue weighted by Gasteiger charge is 2.13. The number of benzene rings is 1. The quantitative estimate of drug-likeness (QED) is 0.875. The average Bonchev–Trinajstić information content (AvgIpc) is 2.55. The summed E-state index contributed by atoms with van der Waals surface area (Å²) in [7, 11) is 1.95. The van der Waals surface area contributed by atoms with E-state index in [2.05, 4.69) is 41.3 Å². The van der Waals surface area contributed by atoms with Crippen molar-refractivity contribution in [3.8, 4) is 0 Å². The van der Waals surface area contributed by atoms with Crippen LogP contribution in [0, 0.1) is 20.8 Å². The molecule has 1 aromatic heterocycles. The van der Waals surface area contributed by atoms with Crippen LogP contribution in [0.4, 0.5) is 11.6 Å². The Bertz CT molecular complexity index is 704. The summed E-state index contributed by atoms with van der Waals surface area (Å²) in [4.78, 5) is 23.2. The van der Waals surface area contributed by atoms with Crippen LogP contribution in [-0.2, 0) is 0 Å². The summed E-state index contributed by atoms with van der Waals surface area (Å²) in [5, 5.41) is 2.98. The van der Waals surface area contributed by atoms with Gasteiger partial charge in [0, 0.05) is 25.5 Å². The first-order valence-corrected chi connectivity index (χ1v) is 8.35. The molecule has 0 saturated carbocycles. The number of unbranched alkanes of at least 4 members (excludes halogenated alkanes) is 1. The first kappa shape index (κ1) is 17.9. The number of carbonyl (C=O) groups excluding carboxylic acids is 1. The monoisotopic (exact) mass is 326 g/mol. The van der Waals surface area contributed by atoms with Gasteiger partial charge < -0.3 is 10.2 Å². The third-order valence-electron chi connectivity index (χ3n) is 3.98. The molecule has 0 spiro atoms. The van der Waals surface area contributed by atoms with Crippen LogP contribution in [0.3, 0.4) is 0 Å². The lowest BCUT2D eigenvalue weighted by Gasteiger charge is -2.17. The fourth-order valence-corrected chi connectivity index (χ4v) is 2.71. The van der Waals surface area contributed by atoms with E-state index in [1.807, 2.05) is 25.8 Å². The zero-order valence-corrected chi connectivity index (χ0v) is 15.2. The second-order valence-corrected chi connectivity index (χ2v) is 6.24. The van der Waals surface area contributed by atoms with E-state index in [-0.39, 0.29) is 5.91 Å². The largest absolute Gasteiger partial charge is 0.344 e. The fourth-order valence-electron chi connectivity index (χ4n) is 2.71. The molecule has 1 heterocycles. The van der Waals surface area contributed by atoms with Gasteiger partial charge in [-0.1, -0.05) is 31.0 Å². The van der Waals surface area contributed by atoms with Crippen LogP contribution in [0.5, 0.6) is 0 Å². The van der Waals surface area contributed by atoms with Crippen LogP contribution in [0.25, 0.3) is 0 Å². The summed E-state index contributed by atoms with van der Waals surface area (Å²) < 4.78 is 0. The van der Waals surface area contributed by atoms with Gasteiger partial charge in [0.05, 0.1) is 0 Å². The van der Waals surface area contributed by atoms with Crippen LogP contribution in [0.1, 0.15) is 46.9 Å². The van der Waals surface area contributed by atoms with Gasteiger partial charge in [-0.05, 0) is 44.4 Å². The number of carbonyl (C=O) groups is 1. The normalized spacial score (nSPS) is 10.5. The van der Waals surface area contributed by atoms with E-state index in [4.69, 9.17) is 0 Å². The molecule has 5 heteroatoms. The van der Waals surface area contributed by atoms with Gasteiger partial charge in [0.25, 0.3) is 5.91 Å². The standard InChI is InChI=1S/C19H26N4O/c1-6-7-10-23(5)19-20-9-8-16(21-19)18(24)22-17-14(3)11-13(2)12-15(17)4/h8-9,11-12H,6-7,10H2,1-5H3,(H,22,24). The lowest BCUT2D eigenvalue weighted by Crippen LogP contribution is -2.23. The summed E-state index contributed by atoms with van der Waals surface area (Å²) in [5.41, 5.74) is 4.52. The number of hydrogen-bond donors (Lipinski definition) is 1. The van der Waals surface area contributed by atoms with E-state index >= 15 is 0 Å². The lowest BCUT2D eigenvalue weighted by atomic mass is 10.1. The first-order chi connectivity index (χ1) is 11.4. The number of aryl methyl sites for hydroxylation is 3. The van der Waals surface area contributed by atoms with Crippen LogP contribution < -0.4 is 10.2 Å². The Balaban J connectivity index is 2.19. The fraction of sp³-hybridized carbons (Fsp3) is 0.421. The molecule has 1 aromatic carbocycles. The summed E-state index contributed by atoms with van der Waals surface area (Å²) in [6, 6.07) is 5.77. The molecule has 0 bridgehead atoms. The highest BCUT2D eigenvalue weighted by Crippen LogP contribution is 2.22. The molecule has 5 nitrogen and oxygen atoms in total. The van der Waals surface area contributed by atoms with E-state index in [0.29, 0.717) is 11.6 Å². The van der Waals surface area contributed by atoms with E-state index < -0.39 is 0 Å². The Morgan fingerprint density at radius 3 is 2.50 bits per heavy atom. The predicted molar refractivity (Wildman–Crippen MR) is 98.8 cm³/mol. The maximum Gasteiger partial charge on any atom is 0.274 e. The minimum Gasteiger partial charge on any atom is -0.344 e. The van der Waals surface area contributed by atoms with E-state index in [0.717, 1.165) is 36.2 Å². The summed E-state index contributed by atoms with van der Waals surface area (Å²) >= 11 is 0. The van der Waals surface area contributed by atoms with Crippen molar-refractivity contribution in [2.24, 2.45) is 0 Å². The molecule has 0 aliphatic carbocycles. The maximum absolute atomic E-state index is 12.6. The molecule has 2 rings (SSSR count). The van der Waals surface area contributed by atoms with Crippen molar-refractivity contribution in [2.75, 3.05) is 23.8 Å². The van der Waals surface area contributed by atoms with Crippen molar-refractivity contribution >= 4 is 17.5 Å². The molecule has 0 aliphatic rings. The third-order valence-corrected chi connectivity index (χ3v) is 3.98. The van der Waals surface area contributed by atoms with Gasteiger partial charge in [-0.2, -0.15) is 0 Å². The van der Waals surface area contributed by atoms with Crippen molar-refractivity contribution < 1.29 is 4.79 Å². The lowest BCUT2D eigenvalue weighted by molar-refractivity contribution is 0.102. The highest BCUT2D eigenvalue weighted by molar-refractivity contribution is 6.03. The maximum atomic E-state index is 12.6. The molecule has 2 aromatic rings. The molecule has 128 valence electrons. The predicted octanol–water partition coefficient (Wildman–Crippen LogP) is 3.89. The molecule has 0 atom stereocenters. The van der Waals surface area contributed by atoms with E-state index in [1.165, 1.54) is 5.56 Å². The Morgan fingerprint density at radius 1 is 1.21 bits per heavy atom. The number of rotatable bonds is 6. The molecule has 0 radical (unpaired) electrons. The van der Waals surface area contributed by atoms with Gasteiger partial charge in [-0.15, -0.1) is 0 Å². The number of amides is 1. The summed E-state index contributed by atoms with van der Waals surface area (Å²) in [6.07, 6.45) is 3.81. The Morgan fingerprint density at radius 2 is 1.88 bits per heavy atom. The number of hydrogen-bond acceptors (Lipinski definition) is 4. The molecule has 0 fully saturated rings. The smallest absolute Gasteiger partial charge is 0.274 e. The van der Waals surface area contributed by atoms with Crippen LogP contribution in [0.15, 0.2) is 24.4 Å². The van der Waals surface area contributed by atoms with Gasteiger partial charge in [0.15, 0.2) is 0 Å². The van der Waals surface area contributed by atoms with Gasteiger partial charge in [-0.3, -0.25) is 4.79 Å². The number of nitrogens with one attached hydrogen (secondary N) is 1. The van der Waals surface area contributed by atoms with Gasteiger partial charge in [0.1, 0.15) is 5.69 Å². The van der Waals surface area contributed by atoms with Crippen LogP contribution >= 0.6 is 0 Å². The van der Waals surface area contributed by atoms with Crippen LogP contribution in [0.2, 0.25) is 0 Å². The second kappa shape index (κ2) is 7.90. The van der Waals surface area contributed by atoms with Gasteiger partial charge in [-0.25, -0.2) is 9.97 Å². The Labute approximate surface area is 144 Å². The van der Waals surface area contributed by atoms with Gasteiger partial charge >= 0.3 is 0 Å². The molecule has 0 unspecified atom stereocenters. The van der Waals surface area contributed by atoms with Gasteiger partial charge in [0.2, 0.25) is 5.95 Å². The minimum atomic E-state index is -0.211. The van der Waals surface area contributed by atoms with Crippen molar-refractivity contribution in [2.45, 2.75) is 40.5 Å². The van der Waals surface area contributed by atoms with E-state index in [1.54, 1.807) is 12.3 Å². The highest BCUT2D eigenvalue weighted by atomic mass is 16.1. The zero-order valence-electron chi connectivity index (χ0n) is 15.2. The molecule has 0 aliphatic heterocycles. The van der Waals surface area contributed by atoms with Crippen molar-refractivity contribution in [1.29, 1.82) is 0 Å². The van der Waals surface area contributed by atoms with E-state index in [9.17, 15) is 4.79 Å². The Hall–Kier alpha value is -2.43. The first-order valence-electron chi connectivity index (χ1n) is 8.35. The molecular formula is C19H26N4O. The molecule has 1 amide bonds. The average molecular weight is 326 g/mol. The minimum absolute atomic E-state index is 0.211. The molecule has 0 saturated heterocycles. The molecule has 24 heavy (non-hydrogen) atoms. The number of anilines is 2. The van der Waals surface area contributed by atoms with Crippen molar-refractivity contribution in [3.63, 3.8) is 0 Å². The third kappa shape index (κ3) is 4.31. The number of aromatic nitrogens is 2.